The molecule has 4 aliphatic carbocycles. The molecule has 3 saturated heterocycles. The molecule has 11 atom stereocenters. The minimum absolute atomic E-state index is 0.00375. The summed E-state index contributed by atoms with van der Waals surface area (Å²) < 4.78 is 18.8. The maximum Gasteiger partial charge on any atom is 0.338 e. The first-order valence-electron chi connectivity index (χ1n) is 13.8. The van der Waals surface area contributed by atoms with Crippen molar-refractivity contribution in [2.45, 2.75) is 75.9 Å². The number of fused-ring (bicyclic) bond motifs is 2. The van der Waals surface area contributed by atoms with Crippen LogP contribution in [0.4, 0.5) is 0 Å². The lowest BCUT2D eigenvalue weighted by atomic mass is 9.42. The molecule has 1 unspecified atom stereocenters. The molecule has 7 nitrogen and oxygen atoms in total. The third-order valence-corrected chi connectivity index (χ3v) is 11.4. The number of hydrogen-bond acceptors (Lipinski definition) is 7. The van der Waals surface area contributed by atoms with Crippen LogP contribution in [0.3, 0.4) is 0 Å². The van der Waals surface area contributed by atoms with Crippen molar-refractivity contribution in [1.82, 2.24) is 4.90 Å². The largest absolute Gasteiger partial charge is 0.462 e. The van der Waals surface area contributed by atoms with Gasteiger partial charge in [0.05, 0.1) is 17.8 Å². The number of aliphatic hydroxyl groups excluding tert-OH is 1. The molecule has 1 spiro atoms. The first-order valence-corrected chi connectivity index (χ1v) is 13.8. The van der Waals surface area contributed by atoms with E-state index in [1.807, 2.05) is 18.2 Å². The van der Waals surface area contributed by atoms with Crippen LogP contribution in [0.1, 0.15) is 56.3 Å². The number of piperidine rings is 1. The number of rotatable bonds is 4. The molecule has 3 aliphatic heterocycles. The van der Waals surface area contributed by atoms with Gasteiger partial charge in [0.25, 0.3) is 0 Å². The van der Waals surface area contributed by atoms with Crippen molar-refractivity contribution < 1.29 is 28.9 Å². The van der Waals surface area contributed by atoms with E-state index in [4.69, 9.17) is 14.2 Å². The standard InChI is InChI=1S/C29H37NO6/c1-4-30-15-27(2)12-11-19(34-3)29-18-14-17-10-13-28(20(18)26(33)35-17,21(24(29)30)22(31)23(27)29)36-25(32)16-8-6-5-7-9-16/h5-9,17-24,31H,4,10-15H2,1-3H3/t17-,18+,19-,20+,21-,22+,23+,24?,27-,28+,29-/m0/s1. The van der Waals surface area contributed by atoms with E-state index in [0.717, 1.165) is 32.4 Å². The van der Waals surface area contributed by atoms with E-state index in [1.165, 1.54) is 0 Å². The zero-order valence-electron chi connectivity index (χ0n) is 21.4. The lowest BCUT2D eigenvalue weighted by molar-refractivity contribution is -0.268. The van der Waals surface area contributed by atoms with Gasteiger partial charge in [-0.15, -0.1) is 0 Å². The number of ether oxygens (including phenoxy) is 3. The van der Waals surface area contributed by atoms with Crippen molar-refractivity contribution in [2.24, 2.45) is 34.5 Å². The van der Waals surface area contributed by atoms with E-state index in [0.29, 0.717) is 18.4 Å². The van der Waals surface area contributed by atoms with Crippen molar-refractivity contribution in [2.75, 3.05) is 20.2 Å². The molecule has 3 heterocycles. The minimum Gasteiger partial charge on any atom is -0.462 e. The summed E-state index contributed by atoms with van der Waals surface area (Å²) in [5.74, 6) is -1.68. The number of likely N-dealkylation sites (tertiary alicyclic amines) is 1. The van der Waals surface area contributed by atoms with Crippen LogP contribution >= 0.6 is 0 Å². The van der Waals surface area contributed by atoms with Gasteiger partial charge in [-0.1, -0.05) is 32.0 Å². The van der Waals surface area contributed by atoms with Crippen molar-refractivity contribution in [3.63, 3.8) is 0 Å². The second kappa shape index (κ2) is 7.55. The smallest absolute Gasteiger partial charge is 0.338 e. The van der Waals surface area contributed by atoms with Crippen molar-refractivity contribution in [1.29, 1.82) is 0 Å². The van der Waals surface area contributed by atoms with E-state index >= 15 is 0 Å². The highest BCUT2D eigenvalue weighted by atomic mass is 16.6. The van der Waals surface area contributed by atoms with Crippen LogP contribution in [-0.4, -0.2) is 72.1 Å². The molecule has 8 rings (SSSR count). The molecule has 9 bridgehead atoms. The average molecular weight is 496 g/mol. The van der Waals surface area contributed by atoms with E-state index in [9.17, 15) is 14.7 Å². The molecule has 7 aliphatic rings. The fourth-order valence-electron chi connectivity index (χ4n) is 10.6. The first-order chi connectivity index (χ1) is 17.3. The maximum atomic E-state index is 13.8. The monoisotopic (exact) mass is 495 g/mol. The Morgan fingerprint density at radius 3 is 2.72 bits per heavy atom. The second-order valence-corrected chi connectivity index (χ2v) is 12.5. The molecular formula is C29H37NO6. The van der Waals surface area contributed by atoms with Gasteiger partial charge in [0.2, 0.25) is 0 Å². The normalized spacial score (nSPS) is 50.4. The Morgan fingerprint density at radius 2 is 2.00 bits per heavy atom. The molecule has 1 N–H and O–H groups in total. The van der Waals surface area contributed by atoms with Gasteiger partial charge in [-0.3, -0.25) is 9.69 Å². The van der Waals surface area contributed by atoms with Gasteiger partial charge in [0.1, 0.15) is 17.6 Å². The molecule has 0 radical (unpaired) electrons. The molecule has 4 saturated carbocycles. The van der Waals surface area contributed by atoms with Gasteiger partial charge in [-0.05, 0) is 62.1 Å². The summed E-state index contributed by atoms with van der Waals surface area (Å²) in [6, 6.07) is 9.02. The van der Waals surface area contributed by atoms with Crippen molar-refractivity contribution in [3.05, 3.63) is 35.9 Å². The number of benzene rings is 1. The molecule has 7 fully saturated rings. The second-order valence-electron chi connectivity index (χ2n) is 12.5. The van der Waals surface area contributed by atoms with Crippen LogP contribution in [-0.2, 0) is 19.0 Å². The highest BCUT2D eigenvalue weighted by molar-refractivity contribution is 5.90. The lowest BCUT2D eigenvalue weighted by Crippen LogP contribution is -2.76. The predicted molar refractivity (Wildman–Crippen MR) is 130 cm³/mol. The number of aliphatic hydroxyl groups is 1. The molecule has 1 aromatic carbocycles. The van der Waals surface area contributed by atoms with Crippen LogP contribution in [0.15, 0.2) is 30.3 Å². The van der Waals surface area contributed by atoms with Crippen molar-refractivity contribution in [3.8, 4) is 0 Å². The Balaban J connectivity index is 1.47. The van der Waals surface area contributed by atoms with Crippen LogP contribution in [0.5, 0.6) is 0 Å². The Morgan fingerprint density at radius 1 is 1.22 bits per heavy atom. The summed E-state index contributed by atoms with van der Waals surface area (Å²) in [4.78, 5) is 30.0. The Labute approximate surface area is 212 Å². The fourth-order valence-corrected chi connectivity index (χ4v) is 10.6. The Hall–Kier alpha value is -1.96. The molecule has 194 valence electrons. The number of carbonyl (C=O) groups excluding carboxylic acids is 2. The van der Waals surface area contributed by atoms with Gasteiger partial charge >= 0.3 is 11.9 Å². The van der Waals surface area contributed by atoms with E-state index in [-0.39, 0.29) is 52.8 Å². The van der Waals surface area contributed by atoms with Crippen LogP contribution in [0.25, 0.3) is 0 Å². The summed E-state index contributed by atoms with van der Waals surface area (Å²) in [7, 11) is 1.79. The average Bonchev–Trinajstić information content (AvgIpc) is 2.95. The summed E-state index contributed by atoms with van der Waals surface area (Å²) >= 11 is 0. The quantitative estimate of drug-likeness (QED) is 0.643. The molecular weight excluding hydrogens is 458 g/mol. The molecule has 7 heteroatoms. The minimum atomic E-state index is -1.09. The first kappa shape index (κ1) is 23.2. The summed E-state index contributed by atoms with van der Waals surface area (Å²) in [5.41, 5.74) is -1.08. The molecule has 36 heavy (non-hydrogen) atoms. The summed E-state index contributed by atoms with van der Waals surface area (Å²) in [5, 5.41) is 12.3. The van der Waals surface area contributed by atoms with Gasteiger partial charge < -0.3 is 19.3 Å². The zero-order valence-corrected chi connectivity index (χ0v) is 21.4. The number of methoxy groups -OCH3 is 1. The number of carbonyl (C=O) groups is 2. The van der Waals surface area contributed by atoms with Gasteiger partial charge in [0, 0.05) is 36.9 Å². The highest BCUT2D eigenvalue weighted by Crippen LogP contribution is 2.77. The Bertz CT molecular complexity index is 1090. The number of esters is 2. The van der Waals surface area contributed by atoms with Gasteiger partial charge in [-0.25, -0.2) is 4.79 Å². The van der Waals surface area contributed by atoms with E-state index in [2.05, 4.69) is 18.7 Å². The maximum absolute atomic E-state index is 13.8. The van der Waals surface area contributed by atoms with Gasteiger partial charge in [0.15, 0.2) is 0 Å². The van der Waals surface area contributed by atoms with E-state index < -0.39 is 23.6 Å². The van der Waals surface area contributed by atoms with Crippen LogP contribution in [0, 0.1) is 34.5 Å². The molecule has 0 amide bonds. The van der Waals surface area contributed by atoms with Crippen LogP contribution in [0.2, 0.25) is 0 Å². The van der Waals surface area contributed by atoms with Gasteiger partial charge in [-0.2, -0.15) is 0 Å². The third-order valence-electron chi connectivity index (χ3n) is 11.4. The van der Waals surface area contributed by atoms with Crippen molar-refractivity contribution >= 4 is 11.9 Å². The fraction of sp³-hybridized carbons (Fsp3) is 0.724. The summed E-state index contributed by atoms with van der Waals surface area (Å²) in [6.07, 6.45) is 2.95. The summed E-state index contributed by atoms with van der Waals surface area (Å²) in [6.45, 7) is 6.27. The highest BCUT2D eigenvalue weighted by Gasteiger charge is 2.85. The SMILES string of the molecule is CCN1C[C@]2(C)CC[C@H](OC)[C@]34C1[C@H]([C@@H](O)[C@H]23)[C@@]1(OC(=O)c2ccccc2)CC[C@H]2C[C@@H]4[C@@H]1C(=O)O2. The topological polar surface area (TPSA) is 85.3 Å². The van der Waals surface area contributed by atoms with Crippen LogP contribution < -0.4 is 0 Å². The van der Waals surface area contributed by atoms with E-state index in [1.54, 1.807) is 19.2 Å². The zero-order chi connectivity index (χ0) is 25.0. The third kappa shape index (κ3) is 2.55. The molecule has 1 aromatic rings. The number of hydrogen-bond donors (Lipinski definition) is 1. The number of nitrogens with zero attached hydrogens (tertiary/aromatic N) is 1. The lowest BCUT2D eigenvalue weighted by Gasteiger charge is -2.69. The Kier molecular flexibility index (Phi) is 4.86. The predicted octanol–water partition coefficient (Wildman–Crippen LogP) is 3.05. The molecule has 0 aromatic heterocycles.